The average molecular weight is 347 g/mol. The van der Waals surface area contributed by atoms with Crippen molar-refractivity contribution in [2.75, 3.05) is 5.75 Å². The van der Waals surface area contributed by atoms with Gasteiger partial charge in [-0.15, -0.1) is 11.8 Å². The Morgan fingerprint density at radius 2 is 1.83 bits per heavy atom. The molecule has 2 nitrogen and oxygen atoms in total. The van der Waals surface area contributed by atoms with Gasteiger partial charge in [-0.2, -0.15) is 0 Å². The fourth-order valence-electron chi connectivity index (χ4n) is 2.68. The third-order valence-electron chi connectivity index (χ3n) is 4.18. The first kappa shape index (κ1) is 17.0. The molecule has 2 aromatic rings. The normalized spacial score (nSPS) is 20.5. The monoisotopic (exact) mass is 347 g/mol. The van der Waals surface area contributed by atoms with Gasteiger partial charge in [0.25, 0.3) is 0 Å². The van der Waals surface area contributed by atoms with Crippen LogP contribution in [0.5, 0.6) is 0 Å². The smallest absolute Gasteiger partial charge is 0.223 e. The largest absolute Gasteiger partial charge is 0.352 e. The first-order chi connectivity index (χ1) is 11.6. The second-order valence-electron chi connectivity index (χ2n) is 6.12. The van der Waals surface area contributed by atoms with Crippen LogP contribution < -0.4 is 5.32 Å². The Labute approximate surface area is 144 Å². The lowest BCUT2D eigenvalue weighted by Gasteiger charge is -2.12. The van der Waals surface area contributed by atoms with Crippen molar-refractivity contribution in [2.45, 2.75) is 30.2 Å². The summed E-state index contributed by atoms with van der Waals surface area (Å²) in [6, 6.07) is 13.6. The number of hydrogen-bond donors (Lipinski definition) is 1. The van der Waals surface area contributed by atoms with Gasteiger partial charge in [0.1, 0.15) is 11.6 Å². The Morgan fingerprint density at radius 1 is 1.17 bits per heavy atom. The first-order valence-electron chi connectivity index (χ1n) is 7.98. The Morgan fingerprint density at radius 3 is 2.50 bits per heavy atom. The van der Waals surface area contributed by atoms with E-state index in [2.05, 4.69) is 5.32 Å². The van der Waals surface area contributed by atoms with Crippen LogP contribution >= 0.6 is 11.8 Å². The molecule has 1 fully saturated rings. The number of nitrogens with one attached hydrogen (secondary N) is 1. The van der Waals surface area contributed by atoms with E-state index in [1.807, 2.05) is 37.3 Å². The molecule has 0 spiro atoms. The van der Waals surface area contributed by atoms with E-state index in [0.717, 1.165) is 4.90 Å². The van der Waals surface area contributed by atoms with Gasteiger partial charge in [-0.25, -0.2) is 8.78 Å². The molecule has 126 valence electrons. The van der Waals surface area contributed by atoms with Gasteiger partial charge in [-0.05, 0) is 30.7 Å². The molecule has 0 aliphatic heterocycles. The van der Waals surface area contributed by atoms with Gasteiger partial charge in [-0.3, -0.25) is 4.79 Å². The molecule has 1 saturated carbocycles. The van der Waals surface area contributed by atoms with Crippen molar-refractivity contribution in [1.29, 1.82) is 0 Å². The van der Waals surface area contributed by atoms with Crippen LogP contribution in [-0.2, 0) is 4.79 Å². The van der Waals surface area contributed by atoms with Gasteiger partial charge in [0.15, 0.2) is 0 Å². The number of thioether (sulfide) groups is 1. The predicted molar refractivity (Wildman–Crippen MR) is 92.0 cm³/mol. The maximum Gasteiger partial charge on any atom is 0.223 e. The molecule has 0 saturated heterocycles. The Kier molecular flexibility index (Phi) is 5.19. The third-order valence-corrected chi connectivity index (χ3v) is 5.45. The highest BCUT2D eigenvalue weighted by Gasteiger charge is 2.43. The highest BCUT2D eigenvalue weighted by atomic mass is 32.2. The van der Waals surface area contributed by atoms with Crippen molar-refractivity contribution in [2.24, 2.45) is 5.92 Å². The number of rotatable bonds is 6. The lowest BCUT2D eigenvalue weighted by molar-refractivity contribution is -0.124. The van der Waals surface area contributed by atoms with Gasteiger partial charge in [-0.1, -0.05) is 31.2 Å². The minimum Gasteiger partial charge on any atom is -0.352 e. The summed E-state index contributed by atoms with van der Waals surface area (Å²) in [7, 11) is 0. The number of halogens is 2. The summed E-state index contributed by atoms with van der Waals surface area (Å²) in [6.07, 6.45) is 0.585. The Bertz CT molecular complexity index is 702. The molecule has 1 N–H and O–H groups in total. The summed E-state index contributed by atoms with van der Waals surface area (Å²) in [5.41, 5.74) is 0.0918. The Hall–Kier alpha value is -1.88. The van der Waals surface area contributed by atoms with Crippen LogP contribution in [-0.4, -0.2) is 17.7 Å². The predicted octanol–water partition coefficient (Wildman–Crippen LogP) is 4.37. The molecule has 0 heterocycles. The van der Waals surface area contributed by atoms with Gasteiger partial charge < -0.3 is 5.32 Å². The molecule has 0 aromatic heterocycles. The van der Waals surface area contributed by atoms with Crippen LogP contribution in [0.3, 0.4) is 0 Å². The molecule has 1 amide bonds. The van der Waals surface area contributed by atoms with E-state index < -0.39 is 11.6 Å². The molecular formula is C19H19F2NOS. The molecule has 3 atom stereocenters. The molecule has 5 heteroatoms. The number of carbonyl (C=O) groups excluding carboxylic acids is 1. The van der Waals surface area contributed by atoms with Crippen LogP contribution in [0.1, 0.15) is 24.8 Å². The minimum atomic E-state index is -0.538. The van der Waals surface area contributed by atoms with Crippen molar-refractivity contribution in [1.82, 2.24) is 5.32 Å². The standard InChI is InChI=1S/C19H19F2NOS/c1-12(11-24-13-6-3-2-4-7-13)19(23)22-17-10-14(17)18-15(20)8-5-9-16(18)21/h2-9,12,14,17H,10-11H2,1H3,(H,22,23). The van der Waals surface area contributed by atoms with Crippen molar-refractivity contribution < 1.29 is 13.6 Å². The fraction of sp³-hybridized carbons (Fsp3) is 0.316. The zero-order valence-electron chi connectivity index (χ0n) is 13.3. The number of amides is 1. The van der Waals surface area contributed by atoms with Crippen molar-refractivity contribution in [3.8, 4) is 0 Å². The van der Waals surface area contributed by atoms with E-state index in [9.17, 15) is 13.6 Å². The molecule has 3 rings (SSSR count). The topological polar surface area (TPSA) is 29.1 Å². The SMILES string of the molecule is CC(CSc1ccccc1)C(=O)NC1CC1c1c(F)cccc1F. The highest BCUT2D eigenvalue weighted by molar-refractivity contribution is 7.99. The summed E-state index contributed by atoms with van der Waals surface area (Å²) >= 11 is 1.63. The van der Waals surface area contributed by atoms with E-state index in [4.69, 9.17) is 0 Å². The summed E-state index contributed by atoms with van der Waals surface area (Å²) in [5.74, 6) is -0.899. The lowest BCUT2D eigenvalue weighted by Crippen LogP contribution is -2.32. The average Bonchev–Trinajstić information content (AvgIpc) is 3.32. The Balaban J connectivity index is 1.51. The quantitative estimate of drug-likeness (QED) is 0.787. The molecular weight excluding hydrogens is 328 g/mol. The molecule has 24 heavy (non-hydrogen) atoms. The molecule has 1 aliphatic rings. The highest BCUT2D eigenvalue weighted by Crippen LogP contribution is 2.43. The molecule has 1 aliphatic carbocycles. The van der Waals surface area contributed by atoms with E-state index in [0.29, 0.717) is 12.2 Å². The molecule has 0 bridgehead atoms. The van der Waals surface area contributed by atoms with E-state index in [1.165, 1.54) is 18.2 Å². The summed E-state index contributed by atoms with van der Waals surface area (Å²) in [4.78, 5) is 13.4. The van der Waals surface area contributed by atoms with E-state index in [-0.39, 0.29) is 29.3 Å². The zero-order chi connectivity index (χ0) is 17.1. The second kappa shape index (κ2) is 7.34. The zero-order valence-corrected chi connectivity index (χ0v) is 14.2. The number of hydrogen-bond acceptors (Lipinski definition) is 2. The minimum absolute atomic E-state index is 0.0670. The van der Waals surface area contributed by atoms with Gasteiger partial charge in [0.2, 0.25) is 5.91 Å². The van der Waals surface area contributed by atoms with Gasteiger partial charge >= 0.3 is 0 Å². The van der Waals surface area contributed by atoms with Crippen molar-refractivity contribution in [3.05, 3.63) is 65.7 Å². The van der Waals surface area contributed by atoms with Gasteiger partial charge in [0, 0.05) is 34.1 Å². The number of benzene rings is 2. The molecule has 3 unspecified atom stereocenters. The van der Waals surface area contributed by atoms with Crippen LogP contribution in [0.4, 0.5) is 8.78 Å². The fourth-order valence-corrected chi connectivity index (χ4v) is 3.62. The van der Waals surface area contributed by atoms with Crippen LogP contribution in [0, 0.1) is 17.6 Å². The molecule has 2 aromatic carbocycles. The summed E-state index contributed by atoms with van der Waals surface area (Å²) < 4.78 is 27.5. The lowest BCUT2D eigenvalue weighted by atomic mass is 10.1. The van der Waals surface area contributed by atoms with Crippen molar-refractivity contribution >= 4 is 17.7 Å². The summed E-state index contributed by atoms with van der Waals surface area (Å²) in [5, 5.41) is 2.91. The van der Waals surface area contributed by atoms with E-state index >= 15 is 0 Å². The second-order valence-corrected chi connectivity index (χ2v) is 7.21. The van der Waals surface area contributed by atoms with E-state index in [1.54, 1.807) is 11.8 Å². The maximum absolute atomic E-state index is 13.8. The number of carbonyl (C=O) groups is 1. The van der Waals surface area contributed by atoms with Crippen LogP contribution in [0.25, 0.3) is 0 Å². The van der Waals surface area contributed by atoms with Crippen molar-refractivity contribution in [3.63, 3.8) is 0 Å². The maximum atomic E-state index is 13.8. The summed E-state index contributed by atoms with van der Waals surface area (Å²) in [6.45, 7) is 1.87. The third kappa shape index (κ3) is 3.96. The van der Waals surface area contributed by atoms with Gasteiger partial charge in [0.05, 0.1) is 0 Å². The first-order valence-corrected chi connectivity index (χ1v) is 8.97. The van der Waals surface area contributed by atoms with Crippen LogP contribution in [0.2, 0.25) is 0 Å². The molecule has 0 radical (unpaired) electrons. The van der Waals surface area contributed by atoms with Crippen LogP contribution in [0.15, 0.2) is 53.4 Å².